The number of carbonyl (C=O) groups excluding carboxylic acids is 2. The molecular formula is C23H15F3N2O3. The molecule has 0 spiro atoms. The van der Waals surface area contributed by atoms with Gasteiger partial charge in [-0.3, -0.25) is 9.59 Å². The summed E-state index contributed by atoms with van der Waals surface area (Å²) < 4.78 is 41.7. The summed E-state index contributed by atoms with van der Waals surface area (Å²) in [7, 11) is 0. The molecule has 0 bridgehead atoms. The molecular weight excluding hydrogens is 409 g/mol. The fourth-order valence-electron chi connectivity index (χ4n) is 3.24. The lowest BCUT2D eigenvalue weighted by molar-refractivity contribution is -0.274. The number of para-hydroxylation sites is 1. The van der Waals surface area contributed by atoms with Crippen molar-refractivity contribution in [1.82, 2.24) is 0 Å². The Morgan fingerprint density at radius 1 is 0.774 bits per heavy atom. The summed E-state index contributed by atoms with van der Waals surface area (Å²) in [5.41, 5.74) is 1.21. The van der Waals surface area contributed by atoms with E-state index in [4.69, 9.17) is 0 Å². The van der Waals surface area contributed by atoms with Crippen LogP contribution < -0.4 is 15.0 Å². The first-order valence-corrected chi connectivity index (χ1v) is 9.20. The molecule has 0 radical (unpaired) electrons. The van der Waals surface area contributed by atoms with Crippen LogP contribution in [-0.2, 0) is 9.59 Å². The van der Waals surface area contributed by atoms with Crippen LogP contribution in [0.1, 0.15) is 5.56 Å². The molecule has 5 nitrogen and oxygen atoms in total. The largest absolute Gasteiger partial charge is 0.573 e. The Morgan fingerprint density at radius 2 is 1.42 bits per heavy atom. The molecule has 2 amide bonds. The molecule has 1 heterocycles. The second-order valence-corrected chi connectivity index (χ2v) is 6.60. The van der Waals surface area contributed by atoms with Gasteiger partial charge in [-0.2, -0.15) is 0 Å². The van der Waals surface area contributed by atoms with Crippen LogP contribution in [0.3, 0.4) is 0 Å². The number of nitrogens with one attached hydrogen (secondary N) is 1. The maximum absolute atomic E-state index is 13.3. The Morgan fingerprint density at radius 3 is 2.06 bits per heavy atom. The number of benzene rings is 3. The zero-order valence-corrected chi connectivity index (χ0v) is 15.9. The molecule has 0 saturated carbocycles. The number of rotatable bonds is 5. The third kappa shape index (κ3) is 4.28. The van der Waals surface area contributed by atoms with E-state index in [1.165, 1.54) is 12.1 Å². The molecule has 156 valence electrons. The normalized spacial score (nSPS) is 14.2. The average Bonchev–Trinajstić information content (AvgIpc) is 2.98. The topological polar surface area (TPSA) is 58.6 Å². The van der Waals surface area contributed by atoms with E-state index in [9.17, 15) is 22.8 Å². The lowest BCUT2D eigenvalue weighted by atomic mass is 10.0. The second-order valence-electron chi connectivity index (χ2n) is 6.60. The summed E-state index contributed by atoms with van der Waals surface area (Å²) >= 11 is 0. The van der Waals surface area contributed by atoms with E-state index in [0.29, 0.717) is 11.3 Å². The van der Waals surface area contributed by atoms with Gasteiger partial charge in [0.2, 0.25) is 0 Å². The second kappa shape index (κ2) is 7.98. The number of ether oxygens (including phenoxy) is 1. The van der Waals surface area contributed by atoms with Gasteiger partial charge in [-0.25, -0.2) is 4.90 Å². The van der Waals surface area contributed by atoms with Gasteiger partial charge in [-0.15, -0.1) is 13.2 Å². The molecule has 31 heavy (non-hydrogen) atoms. The number of halogens is 3. The fraction of sp³-hybridized carbons (Fsp3) is 0.0435. The van der Waals surface area contributed by atoms with Gasteiger partial charge in [-0.05, 0) is 29.8 Å². The van der Waals surface area contributed by atoms with Crippen molar-refractivity contribution in [2.75, 3.05) is 10.2 Å². The number of imide groups is 1. The highest BCUT2D eigenvalue weighted by Gasteiger charge is 2.40. The van der Waals surface area contributed by atoms with Crippen LogP contribution >= 0.6 is 0 Å². The summed E-state index contributed by atoms with van der Waals surface area (Å²) in [5, 5.41) is 2.98. The third-order valence-electron chi connectivity index (χ3n) is 4.50. The van der Waals surface area contributed by atoms with Crippen LogP contribution in [0.15, 0.2) is 90.6 Å². The van der Waals surface area contributed by atoms with Gasteiger partial charge in [-0.1, -0.05) is 54.6 Å². The summed E-state index contributed by atoms with van der Waals surface area (Å²) in [6.45, 7) is 0. The standard InChI is InChI=1S/C23H15F3N2O3/c24-23(25,26)31-18-13-7-12-17(14-18)28-21(29)19(15-8-3-1-4-9-15)20(22(28)30)27-16-10-5-2-6-11-16/h1-14,27H. The minimum absolute atomic E-state index is 0.0320. The first-order chi connectivity index (χ1) is 14.8. The number of hydrogen-bond donors (Lipinski definition) is 1. The van der Waals surface area contributed by atoms with Crippen molar-refractivity contribution in [2.45, 2.75) is 6.36 Å². The first-order valence-electron chi connectivity index (χ1n) is 9.20. The Bertz CT molecular complexity index is 1160. The van der Waals surface area contributed by atoms with Crippen LogP contribution in [0.4, 0.5) is 24.5 Å². The highest BCUT2D eigenvalue weighted by atomic mass is 19.4. The van der Waals surface area contributed by atoms with Crippen molar-refractivity contribution >= 4 is 28.8 Å². The maximum atomic E-state index is 13.3. The molecule has 0 unspecified atom stereocenters. The van der Waals surface area contributed by atoms with Crippen LogP contribution in [0.2, 0.25) is 0 Å². The quantitative estimate of drug-likeness (QED) is 0.587. The highest BCUT2D eigenvalue weighted by Crippen LogP contribution is 2.35. The summed E-state index contributed by atoms with van der Waals surface area (Å²) in [6.07, 6.45) is -4.90. The van der Waals surface area contributed by atoms with Gasteiger partial charge >= 0.3 is 6.36 Å². The monoisotopic (exact) mass is 424 g/mol. The van der Waals surface area contributed by atoms with E-state index < -0.39 is 23.9 Å². The number of amides is 2. The molecule has 1 N–H and O–H groups in total. The molecule has 0 aromatic heterocycles. The van der Waals surface area contributed by atoms with E-state index in [1.54, 1.807) is 60.7 Å². The molecule has 0 atom stereocenters. The van der Waals surface area contributed by atoms with Gasteiger partial charge in [0.15, 0.2) is 0 Å². The van der Waals surface area contributed by atoms with Crippen molar-refractivity contribution in [1.29, 1.82) is 0 Å². The van der Waals surface area contributed by atoms with Gasteiger partial charge in [0.1, 0.15) is 11.4 Å². The van der Waals surface area contributed by atoms with Gasteiger partial charge in [0.05, 0.1) is 11.3 Å². The molecule has 0 saturated heterocycles. The molecule has 4 rings (SSSR count). The number of hydrogen-bond acceptors (Lipinski definition) is 4. The van der Waals surface area contributed by atoms with E-state index in [1.807, 2.05) is 0 Å². The van der Waals surface area contributed by atoms with Crippen LogP contribution in [0.5, 0.6) is 5.75 Å². The molecule has 3 aromatic carbocycles. The van der Waals surface area contributed by atoms with Crippen LogP contribution in [0.25, 0.3) is 5.57 Å². The van der Waals surface area contributed by atoms with Crippen molar-refractivity contribution < 1.29 is 27.5 Å². The van der Waals surface area contributed by atoms with Crippen molar-refractivity contribution in [3.63, 3.8) is 0 Å². The SMILES string of the molecule is O=C1C(Nc2ccccc2)=C(c2ccccc2)C(=O)N1c1cccc(OC(F)(F)F)c1. The van der Waals surface area contributed by atoms with Gasteiger partial charge in [0, 0.05) is 11.8 Å². The molecule has 1 aliphatic rings. The smallest absolute Gasteiger partial charge is 0.406 e. The number of anilines is 2. The third-order valence-corrected chi connectivity index (χ3v) is 4.50. The average molecular weight is 424 g/mol. The van der Waals surface area contributed by atoms with E-state index in [2.05, 4.69) is 10.1 Å². The Balaban J connectivity index is 1.76. The van der Waals surface area contributed by atoms with E-state index >= 15 is 0 Å². The minimum atomic E-state index is -4.90. The summed E-state index contributed by atoms with van der Waals surface area (Å²) in [6, 6.07) is 22.1. The maximum Gasteiger partial charge on any atom is 0.573 e. The molecule has 1 aliphatic heterocycles. The van der Waals surface area contributed by atoms with Crippen molar-refractivity contribution in [3.05, 3.63) is 96.2 Å². The highest BCUT2D eigenvalue weighted by molar-refractivity contribution is 6.46. The fourth-order valence-corrected chi connectivity index (χ4v) is 3.24. The predicted molar refractivity (Wildman–Crippen MR) is 109 cm³/mol. The minimum Gasteiger partial charge on any atom is -0.406 e. The van der Waals surface area contributed by atoms with Crippen molar-refractivity contribution in [3.8, 4) is 5.75 Å². The zero-order chi connectivity index (χ0) is 22.0. The summed E-state index contributed by atoms with van der Waals surface area (Å²) in [5.74, 6) is -1.87. The van der Waals surface area contributed by atoms with Gasteiger partial charge < -0.3 is 10.1 Å². The first kappa shape index (κ1) is 20.2. The lowest BCUT2D eigenvalue weighted by Crippen LogP contribution is -2.32. The Kier molecular flexibility index (Phi) is 5.21. The zero-order valence-electron chi connectivity index (χ0n) is 15.9. The summed E-state index contributed by atoms with van der Waals surface area (Å²) in [4.78, 5) is 27.3. The van der Waals surface area contributed by atoms with E-state index in [-0.39, 0.29) is 17.0 Å². The molecule has 0 aliphatic carbocycles. The number of nitrogens with zero attached hydrogens (tertiary/aromatic N) is 1. The Labute approximate surface area is 175 Å². The van der Waals surface area contributed by atoms with Crippen LogP contribution in [-0.4, -0.2) is 18.2 Å². The molecule has 3 aromatic rings. The molecule has 0 fully saturated rings. The number of carbonyl (C=O) groups is 2. The van der Waals surface area contributed by atoms with Crippen LogP contribution in [0, 0.1) is 0 Å². The van der Waals surface area contributed by atoms with Gasteiger partial charge in [0.25, 0.3) is 11.8 Å². The lowest BCUT2D eigenvalue weighted by Gasteiger charge is -2.17. The van der Waals surface area contributed by atoms with Crippen molar-refractivity contribution in [2.24, 2.45) is 0 Å². The molecule has 8 heteroatoms. The number of alkyl halides is 3. The van der Waals surface area contributed by atoms with E-state index in [0.717, 1.165) is 17.0 Å². The predicted octanol–water partition coefficient (Wildman–Crippen LogP) is 4.98. The Hall–Kier alpha value is -4.07.